The van der Waals surface area contributed by atoms with Crippen LogP contribution in [0.15, 0.2) is 18.2 Å². The molecule has 2 N–H and O–H groups in total. The van der Waals surface area contributed by atoms with E-state index in [1.165, 1.54) is 6.07 Å². The van der Waals surface area contributed by atoms with Gasteiger partial charge in [0.25, 0.3) is 5.91 Å². The number of hydrogen-bond acceptors (Lipinski definition) is 2. The Hall–Kier alpha value is -1.72. The zero-order valence-electron chi connectivity index (χ0n) is 12.5. The van der Waals surface area contributed by atoms with Crippen LogP contribution in [-0.2, 0) is 0 Å². The smallest absolute Gasteiger partial charge is 0.398 e. The van der Waals surface area contributed by atoms with E-state index < -0.39 is 24.7 Å². The molecular formula is C15H21F3N2O. The molecule has 0 heterocycles. The minimum absolute atomic E-state index is 0.131. The van der Waals surface area contributed by atoms with Crippen LogP contribution in [0, 0.1) is 6.92 Å². The lowest BCUT2D eigenvalue weighted by molar-refractivity contribution is -0.144. The molecule has 0 aliphatic carbocycles. The van der Waals surface area contributed by atoms with Gasteiger partial charge in [0.2, 0.25) is 0 Å². The minimum Gasteiger partial charge on any atom is -0.398 e. The molecular weight excluding hydrogens is 281 g/mol. The number of benzene rings is 1. The zero-order valence-corrected chi connectivity index (χ0v) is 12.5. The average molecular weight is 302 g/mol. The highest BCUT2D eigenvalue weighted by Gasteiger charge is 2.36. The fourth-order valence-corrected chi connectivity index (χ4v) is 2.30. The Balaban J connectivity index is 3.18. The Morgan fingerprint density at radius 3 is 2.33 bits per heavy atom. The number of carbonyl (C=O) groups is 1. The van der Waals surface area contributed by atoms with E-state index in [4.69, 9.17) is 5.73 Å². The van der Waals surface area contributed by atoms with E-state index in [2.05, 4.69) is 0 Å². The van der Waals surface area contributed by atoms with Gasteiger partial charge in [0.15, 0.2) is 0 Å². The molecule has 1 amide bonds. The summed E-state index contributed by atoms with van der Waals surface area (Å²) in [5.41, 5.74) is 6.86. The summed E-state index contributed by atoms with van der Waals surface area (Å²) in [7, 11) is 0. The predicted molar refractivity (Wildman–Crippen MR) is 77.1 cm³/mol. The van der Waals surface area contributed by atoms with E-state index in [1.807, 2.05) is 0 Å². The third-order valence-corrected chi connectivity index (χ3v) is 3.43. The summed E-state index contributed by atoms with van der Waals surface area (Å²) in [5.74, 6) is -0.665. The van der Waals surface area contributed by atoms with Crippen molar-refractivity contribution in [3.05, 3.63) is 29.3 Å². The highest BCUT2D eigenvalue weighted by molar-refractivity contribution is 5.99. The third kappa shape index (κ3) is 4.65. The van der Waals surface area contributed by atoms with Gasteiger partial charge in [-0.25, -0.2) is 0 Å². The van der Waals surface area contributed by atoms with Crippen LogP contribution in [0.2, 0.25) is 0 Å². The Bertz CT molecular complexity index is 496. The summed E-state index contributed by atoms with van der Waals surface area (Å²) >= 11 is 0. The lowest BCUT2D eigenvalue weighted by Gasteiger charge is -2.31. The Labute approximate surface area is 122 Å². The van der Waals surface area contributed by atoms with Crippen molar-refractivity contribution in [1.29, 1.82) is 0 Å². The van der Waals surface area contributed by atoms with Crippen molar-refractivity contribution in [2.45, 2.75) is 45.8 Å². The molecule has 6 heteroatoms. The maximum Gasteiger partial charge on any atom is 0.406 e. The van der Waals surface area contributed by atoms with Crippen molar-refractivity contribution in [3.8, 4) is 0 Å². The third-order valence-electron chi connectivity index (χ3n) is 3.43. The number of alkyl halides is 3. The number of nitrogens with two attached hydrogens (primary N) is 1. The van der Waals surface area contributed by atoms with Crippen LogP contribution in [-0.4, -0.2) is 29.6 Å². The quantitative estimate of drug-likeness (QED) is 0.842. The first-order valence-corrected chi connectivity index (χ1v) is 6.93. The number of carbonyl (C=O) groups excluding carboxylic acids is 1. The topological polar surface area (TPSA) is 46.3 Å². The van der Waals surface area contributed by atoms with Gasteiger partial charge in [-0.3, -0.25) is 4.79 Å². The van der Waals surface area contributed by atoms with E-state index >= 15 is 0 Å². The highest BCUT2D eigenvalue weighted by atomic mass is 19.4. The van der Waals surface area contributed by atoms with Crippen LogP contribution in [0.3, 0.4) is 0 Å². The van der Waals surface area contributed by atoms with Crippen molar-refractivity contribution in [2.75, 3.05) is 12.3 Å². The molecule has 0 atom stereocenters. The second-order valence-corrected chi connectivity index (χ2v) is 5.11. The first-order valence-electron chi connectivity index (χ1n) is 6.93. The lowest BCUT2D eigenvalue weighted by atomic mass is 10.0. The summed E-state index contributed by atoms with van der Waals surface area (Å²) in [5, 5.41) is 0. The van der Waals surface area contributed by atoms with Gasteiger partial charge in [0, 0.05) is 11.7 Å². The molecule has 0 aromatic heterocycles. The van der Waals surface area contributed by atoms with Gasteiger partial charge in [0.05, 0.1) is 5.56 Å². The Morgan fingerprint density at radius 2 is 1.86 bits per heavy atom. The first kappa shape index (κ1) is 17.3. The van der Waals surface area contributed by atoms with Crippen LogP contribution in [0.1, 0.15) is 42.6 Å². The largest absolute Gasteiger partial charge is 0.406 e. The fourth-order valence-electron chi connectivity index (χ4n) is 2.30. The number of nitrogen functional groups attached to an aromatic ring is 1. The molecule has 0 unspecified atom stereocenters. The van der Waals surface area contributed by atoms with Crippen molar-refractivity contribution >= 4 is 11.6 Å². The SMILES string of the molecule is CCC(CC)N(CC(F)(F)F)C(=O)c1cc(C)ccc1N. The molecule has 0 saturated heterocycles. The number of hydrogen-bond donors (Lipinski definition) is 1. The average Bonchev–Trinajstić information content (AvgIpc) is 2.39. The predicted octanol–water partition coefficient (Wildman–Crippen LogP) is 3.77. The van der Waals surface area contributed by atoms with Gasteiger partial charge < -0.3 is 10.6 Å². The molecule has 0 bridgehead atoms. The van der Waals surface area contributed by atoms with Crippen LogP contribution < -0.4 is 5.73 Å². The van der Waals surface area contributed by atoms with E-state index in [0.717, 1.165) is 10.5 Å². The summed E-state index contributed by atoms with van der Waals surface area (Å²) in [6.45, 7) is 4.04. The molecule has 0 fully saturated rings. The monoisotopic (exact) mass is 302 g/mol. The van der Waals surface area contributed by atoms with Crippen LogP contribution in [0.5, 0.6) is 0 Å². The minimum atomic E-state index is -4.43. The zero-order chi connectivity index (χ0) is 16.2. The summed E-state index contributed by atoms with van der Waals surface area (Å²) in [6.07, 6.45) is -3.51. The molecule has 3 nitrogen and oxygen atoms in total. The molecule has 0 saturated carbocycles. The molecule has 0 spiro atoms. The second kappa shape index (κ2) is 6.83. The van der Waals surface area contributed by atoms with Gasteiger partial charge >= 0.3 is 6.18 Å². The maximum absolute atomic E-state index is 12.8. The van der Waals surface area contributed by atoms with Crippen molar-refractivity contribution in [2.24, 2.45) is 0 Å². The molecule has 1 aromatic rings. The van der Waals surface area contributed by atoms with Gasteiger partial charge in [0.1, 0.15) is 6.54 Å². The number of aryl methyl sites for hydroxylation is 1. The Morgan fingerprint density at radius 1 is 1.29 bits per heavy atom. The van der Waals surface area contributed by atoms with Crippen LogP contribution in [0.4, 0.5) is 18.9 Å². The number of halogens is 3. The number of rotatable bonds is 5. The van der Waals surface area contributed by atoms with Crippen molar-refractivity contribution in [1.82, 2.24) is 4.90 Å². The first-order chi connectivity index (χ1) is 9.69. The molecule has 1 aromatic carbocycles. The summed E-state index contributed by atoms with van der Waals surface area (Å²) in [4.78, 5) is 13.4. The molecule has 118 valence electrons. The van der Waals surface area contributed by atoms with Crippen molar-refractivity contribution in [3.63, 3.8) is 0 Å². The molecule has 0 radical (unpaired) electrons. The lowest BCUT2D eigenvalue weighted by Crippen LogP contribution is -2.45. The van der Waals surface area contributed by atoms with Gasteiger partial charge in [-0.1, -0.05) is 25.5 Å². The molecule has 0 aliphatic rings. The number of anilines is 1. The van der Waals surface area contributed by atoms with Crippen molar-refractivity contribution < 1.29 is 18.0 Å². The fraction of sp³-hybridized carbons (Fsp3) is 0.533. The van der Waals surface area contributed by atoms with E-state index in [9.17, 15) is 18.0 Å². The normalized spacial score (nSPS) is 11.8. The summed E-state index contributed by atoms with van der Waals surface area (Å²) in [6, 6.07) is 4.33. The molecule has 0 aliphatic heterocycles. The van der Waals surface area contributed by atoms with E-state index in [-0.39, 0.29) is 11.3 Å². The van der Waals surface area contributed by atoms with Crippen LogP contribution in [0.25, 0.3) is 0 Å². The standard InChI is InChI=1S/C15H21F3N2O/c1-4-11(5-2)20(9-15(16,17)18)14(21)12-8-10(3)6-7-13(12)19/h6-8,11H,4-5,9,19H2,1-3H3. The number of nitrogens with zero attached hydrogens (tertiary/aromatic N) is 1. The highest BCUT2D eigenvalue weighted by Crippen LogP contribution is 2.24. The second-order valence-electron chi connectivity index (χ2n) is 5.11. The van der Waals surface area contributed by atoms with Gasteiger partial charge in [-0.2, -0.15) is 13.2 Å². The molecule has 21 heavy (non-hydrogen) atoms. The maximum atomic E-state index is 12.8. The van der Waals surface area contributed by atoms with Crippen LogP contribution >= 0.6 is 0 Å². The Kier molecular flexibility index (Phi) is 5.63. The van der Waals surface area contributed by atoms with E-state index in [0.29, 0.717) is 12.8 Å². The molecule has 1 rings (SSSR count). The van der Waals surface area contributed by atoms with E-state index in [1.54, 1.807) is 32.9 Å². The van der Waals surface area contributed by atoms with Gasteiger partial charge in [-0.05, 0) is 31.9 Å². The van der Waals surface area contributed by atoms with Gasteiger partial charge in [-0.15, -0.1) is 0 Å². The number of amides is 1. The summed E-state index contributed by atoms with van der Waals surface area (Å²) < 4.78 is 38.3.